The summed E-state index contributed by atoms with van der Waals surface area (Å²) < 4.78 is 7.46. The molecule has 1 aliphatic rings. The third-order valence-electron chi connectivity index (χ3n) is 5.15. The smallest absolute Gasteiger partial charge is 0.255 e. The topological polar surface area (TPSA) is 69.0 Å². The number of rotatable bonds is 6. The van der Waals surface area contributed by atoms with Gasteiger partial charge in [-0.1, -0.05) is 0 Å². The van der Waals surface area contributed by atoms with E-state index in [1.807, 2.05) is 26.1 Å². The monoisotopic (exact) mass is 364 g/mol. The van der Waals surface area contributed by atoms with Crippen LogP contribution in [0.15, 0.2) is 30.7 Å². The van der Waals surface area contributed by atoms with E-state index in [1.165, 1.54) is 12.8 Å². The van der Waals surface area contributed by atoms with Crippen LogP contribution in [0.4, 0.5) is 0 Å². The summed E-state index contributed by atoms with van der Waals surface area (Å²) in [5.74, 6) is 1.40. The van der Waals surface area contributed by atoms with Crippen molar-refractivity contribution in [2.75, 3.05) is 13.7 Å². The molecule has 3 aromatic rings. The van der Waals surface area contributed by atoms with Gasteiger partial charge >= 0.3 is 0 Å². The van der Waals surface area contributed by atoms with Crippen molar-refractivity contribution in [3.8, 4) is 5.75 Å². The van der Waals surface area contributed by atoms with Gasteiger partial charge in [-0.2, -0.15) is 0 Å². The molecule has 0 atom stereocenters. The van der Waals surface area contributed by atoms with Gasteiger partial charge in [0.15, 0.2) is 0 Å². The Morgan fingerprint density at radius 2 is 2.15 bits per heavy atom. The number of ether oxygens (including phenoxy) is 1. The van der Waals surface area contributed by atoms with Crippen molar-refractivity contribution in [2.45, 2.75) is 33.2 Å². The number of fused-ring (bicyclic) bond motifs is 1. The lowest BCUT2D eigenvalue weighted by Crippen LogP contribution is -2.25. The van der Waals surface area contributed by atoms with Crippen LogP contribution in [0.2, 0.25) is 0 Å². The Balaban J connectivity index is 1.71. The van der Waals surface area contributed by atoms with Gasteiger partial charge in [0.25, 0.3) is 5.91 Å². The Bertz CT molecular complexity index is 1000. The number of aryl methyl sites for hydroxylation is 1. The van der Waals surface area contributed by atoms with Gasteiger partial charge in [-0.05, 0) is 50.3 Å². The highest BCUT2D eigenvalue weighted by Gasteiger charge is 2.23. The molecule has 0 saturated heterocycles. The van der Waals surface area contributed by atoms with Crippen LogP contribution in [0.3, 0.4) is 0 Å². The van der Waals surface area contributed by atoms with E-state index in [-0.39, 0.29) is 5.91 Å². The highest BCUT2D eigenvalue weighted by atomic mass is 16.5. The number of carbonyl (C=O) groups is 1. The quantitative estimate of drug-likeness (QED) is 0.729. The van der Waals surface area contributed by atoms with Gasteiger partial charge in [-0.25, -0.2) is 0 Å². The van der Waals surface area contributed by atoms with E-state index in [4.69, 9.17) is 4.74 Å². The van der Waals surface area contributed by atoms with Crippen molar-refractivity contribution in [3.63, 3.8) is 0 Å². The molecule has 4 rings (SSSR count). The minimum atomic E-state index is -0.0580. The van der Waals surface area contributed by atoms with Crippen LogP contribution in [-0.4, -0.2) is 34.1 Å². The standard InChI is InChI=1S/C21H24N4O2/c1-13-8-18-20(23-9-13)16(21(26)24-10-15-4-5-15)11-25(18)12-17-14(2)19(27-3)6-7-22-17/h6-9,11,15H,4-5,10,12H2,1-3H3,(H,24,26). The molecule has 1 saturated carbocycles. The van der Waals surface area contributed by atoms with Crippen LogP contribution >= 0.6 is 0 Å². The first kappa shape index (κ1) is 17.5. The second-order valence-electron chi connectivity index (χ2n) is 7.29. The summed E-state index contributed by atoms with van der Waals surface area (Å²) in [6.07, 6.45) is 7.86. The predicted octanol–water partition coefficient (Wildman–Crippen LogP) is 3.24. The molecule has 0 spiro atoms. The molecule has 0 radical (unpaired) electrons. The summed E-state index contributed by atoms with van der Waals surface area (Å²) in [6.45, 7) is 5.31. The fourth-order valence-corrected chi connectivity index (χ4v) is 3.32. The van der Waals surface area contributed by atoms with Crippen molar-refractivity contribution >= 4 is 16.9 Å². The zero-order valence-corrected chi connectivity index (χ0v) is 16.0. The third kappa shape index (κ3) is 3.52. The second-order valence-corrected chi connectivity index (χ2v) is 7.29. The summed E-state index contributed by atoms with van der Waals surface area (Å²) in [7, 11) is 1.66. The minimum Gasteiger partial charge on any atom is -0.496 e. The van der Waals surface area contributed by atoms with Gasteiger partial charge in [0.2, 0.25) is 0 Å². The molecule has 0 aromatic carbocycles. The maximum absolute atomic E-state index is 12.7. The number of hydrogen-bond acceptors (Lipinski definition) is 4. The molecule has 27 heavy (non-hydrogen) atoms. The fourth-order valence-electron chi connectivity index (χ4n) is 3.32. The highest BCUT2D eigenvalue weighted by molar-refractivity contribution is 6.05. The number of carbonyl (C=O) groups excluding carboxylic acids is 1. The highest BCUT2D eigenvalue weighted by Crippen LogP contribution is 2.28. The van der Waals surface area contributed by atoms with E-state index in [2.05, 4.69) is 25.9 Å². The average molecular weight is 364 g/mol. The SMILES string of the molecule is COc1ccnc(Cn2cc(C(=O)NCC3CC3)c3ncc(C)cc32)c1C. The lowest BCUT2D eigenvalue weighted by atomic mass is 10.2. The average Bonchev–Trinajstić information content (AvgIpc) is 3.43. The van der Waals surface area contributed by atoms with Gasteiger partial charge in [0, 0.05) is 30.7 Å². The summed E-state index contributed by atoms with van der Waals surface area (Å²) in [5, 5.41) is 3.05. The summed E-state index contributed by atoms with van der Waals surface area (Å²) in [6, 6.07) is 3.92. The fraction of sp³-hybridized carbons (Fsp3) is 0.381. The summed E-state index contributed by atoms with van der Waals surface area (Å²) >= 11 is 0. The molecule has 140 valence electrons. The lowest BCUT2D eigenvalue weighted by molar-refractivity contribution is 0.0953. The Morgan fingerprint density at radius 1 is 1.33 bits per heavy atom. The maximum Gasteiger partial charge on any atom is 0.255 e. The Hall–Kier alpha value is -2.89. The van der Waals surface area contributed by atoms with Crippen LogP contribution < -0.4 is 10.1 Å². The first-order chi connectivity index (χ1) is 13.1. The van der Waals surface area contributed by atoms with E-state index < -0.39 is 0 Å². The second kappa shape index (κ2) is 7.02. The molecule has 1 N–H and O–H groups in total. The number of nitrogens with zero attached hydrogens (tertiary/aromatic N) is 3. The number of pyridine rings is 2. The molecule has 3 aromatic heterocycles. The first-order valence-corrected chi connectivity index (χ1v) is 9.29. The molecular weight excluding hydrogens is 340 g/mol. The van der Waals surface area contributed by atoms with Crippen molar-refractivity contribution < 1.29 is 9.53 Å². The van der Waals surface area contributed by atoms with Crippen molar-refractivity contribution in [2.24, 2.45) is 5.92 Å². The van der Waals surface area contributed by atoms with E-state index in [0.29, 0.717) is 18.0 Å². The number of methoxy groups -OCH3 is 1. The molecule has 6 heteroatoms. The first-order valence-electron chi connectivity index (χ1n) is 9.29. The van der Waals surface area contributed by atoms with E-state index in [9.17, 15) is 4.79 Å². The number of amides is 1. The molecule has 3 heterocycles. The molecule has 0 bridgehead atoms. The van der Waals surface area contributed by atoms with Crippen LogP contribution in [0.1, 0.15) is 40.0 Å². The maximum atomic E-state index is 12.7. The van der Waals surface area contributed by atoms with Crippen LogP contribution in [-0.2, 0) is 6.54 Å². The molecule has 1 aliphatic carbocycles. The van der Waals surface area contributed by atoms with Gasteiger partial charge in [0.05, 0.1) is 30.4 Å². The largest absolute Gasteiger partial charge is 0.496 e. The van der Waals surface area contributed by atoms with Crippen molar-refractivity contribution in [1.82, 2.24) is 19.9 Å². The van der Waals surface area contributed by atoms with E-state index >= 15 is 0 Å². The summed E-state index contributed by atoms with van der Waals surface area (Å²) in [4.78, 5) is 21.8. The molecular formula is C21H24N4O2. The Kier molecular flexibility index (Phi) is 4.56. The zero-order valence-electron chi connectivity index (χ0n) is 16.0. The normalized spacial score (nSPS) is 13.7. The predicted molar refractivity (Wildman–Crippen MR) is 104 cm³/mol. The van der Waals surface area contributed by atoms with Gasteiger partial charge in [-0.15, -0.1) is 0 Å². The number of nitrogens with one attached hydrogen (secondary N) is 1. The lowest BCUT2D eigenvalue weighted by Gasteiger charge is -2.11. The van der Waals surface area contributed by atoms with E-state index in [0.717, 1.165) is 40.1 Å². The van der Waals surface area contributed by atoms with Crippen LogP contribution in [0.25, 0.3) is 11.0 Å². The zero-order chi connectivity index (χ0) is 19.0. The molecule has 0 aliphatic heterocycles. The van der Waals surface area contributed by atoms with Crippen LogP contribution in [0, 0.1) is 19.8 Å². The Labute approximate surface area is 158 Å². The third-order valence-corrected chi connectivity index (χ3v) is 5.15. The molecule has 6 nitrogen and oxygen atoms in total. The van der Waals surface area contributed by atoms with Crippen LogP contribution in [0.5, 0.6) is 5.75 Å². The van der Waals surface area contributed by atoms with Gasteiger partial charge < -0.3 is 14.6 Å². The number of hydrogen-bond donors (Lipinski definition) is 1. The van der Waals surface area contributed by atoms with Gasteiger partial charge in [-0.3, -0.25) is 14.8 Å². The molecule has 0 unspecified atom stereocenters. The Morgan fingerprint density at radius 3 is 2.89 bits per heavy atom. The van der Waals surface area contributed by atoms with Crippen molar-refractivity contribution in [3.05, 3.63) is 53.1 Å². The summed E-state index contributed by atoms with van der Waals surface area (Å²) in [5.41, 5.74) is 5.26. The number of aromatic nitrogens is 3. The molecule has 1 fully saturated rings. The minimum absolute atomic E-state index is 0.0580. The molecule has 1 amide bonds. The van der Waals surface area contributed by atoms with Gasteiger partial charge in [0.1, 0.15) is 11.3 Å². The van der Waals surface area contributed by atoms with E-state index in [1.54, 1.807) is 19.5 Å². The van der Waals surface area contributed by atoms with Crippen molar-refractivity contribution in [1.29, 1.82) is 0 Å².